The maximum Gasteiger partial charge on any atom is 0.327 e. The lowest BCUT2D eigenvalue weighted by molar-refractivity contribution is -0.170. The molecule has 9 heteroatoms. The van der Waals surface area contributed by atoms with Gasteiger partial charge in [0.05, 0.1) is 18.1 Å². The van der Waals surface area contributed by atoms with Gasteiger partial charge in [-0.3, -0.25) is 4.79 Å². The zero-order valence-electron chi connectivity index (χ0n) is 14.0. The number of anilines is 1. The van der Waals surface area contributed by atoms with Crippen LogP contribution in [-0.2, 0) is 9.59 Å². The molecule has 4 rings (SSSR count). The number of β-lactam (4-membered cyclic amide) rings is 1. The lowest BCUT2D eigenvalue weighted by Crippen LogP contribution is -2.65. The predicted molar refractivity (Wildman–Crippen MR) is 95.9 cm³/mol. The van der Waals surface area contributed by atoms with E-state index in [4.69, 9.17) is 0 Å². The highest BCUT2D eigenvalue weighted by Gasteiger charge is 2.65. The Hall–Kier alpha value is -1.32. The molecule has 3 fully saturated rings. The van der Waals surface area contributed by atoms with E-state index in [0.29, 0.717) is 5.25 Å². The zero-order valence-corrected chi connectivity index (χ0v) is 15.6. The lowest BCUT2D eigenvalue weighted by Gasteiger charge is -2.47. The van der Waals surface area contributed by atoms with Crippen LogP contribution in [0, 0.1) is 11.8 Å². The van der Waals surface area contributed by atoms with Crippen molar-refractivity contribution in [2.45, 2.75) is 42.5 Å². The Morgan fingerprint density at radius 1 is 1.48 bits per heavy atom. The number of fused-ring (bicyclic) bond motifs is 1. The van der Waals surface area contributed by atoms with Crippen LogP contribution in [0.3, 0.4) is 0 Å². The van der Waals surface area contributed by atoms with Gasteiger partial charge in [0.1, 0.15) is 6.04 Å². The van der Waals surface area contributed by atoms with Crippen molar-refractivity contribution in [3.8, 4) is 0 Å². The van der Waals surface area contributed by atoms with Crippen LogP contribution in [-0.4, -0.2) is 73.8 Å². The second kappa shape index (κ2) is 6.14. The molecule has 0 spiro atoms. The van der Waals surface area contributed by atoms with Gasteiger partial charge in [0.15, 0.2) is 5.13 Å². The SMILES string of the molecule is C[C@H]1[C@@H](SC2CN(c3nccs3)C2)[C@H](C(=O)O)N2C(=O)[C@H]([C@@H](C)O)[C@@H]12. The highest BCUT2D eigenvalue weighted by molar-refractivity contribution is 8.00. The van der Waals surface area contributed by atoms with E-state index >= 15 is 0 Å². The number of rotatable bonds is 5. The standard InChI is InChI=1S/C16H21N3O4S2/c1-7-11-10(8(2)20)14(21)19(11)12(15(22)23)13(7)25-9-5-18(6-9)16-17-3-4-24-16/h3-4,7-13,20H,5-6H2,1-2H3,(H,22,23)/t7-,8-,10-,11-,12-,13-/m1/s1. The smallest absolute Gasteiger partial charge is 0.327 e. The molecule has 3 saturated heterocycles. The molecule has 3 aliphatic rings. The fourth-order valence-corrected chi connectivity index (χ4v) is 6.77. The third kappa shape index (κ3) is 2.55. The largest absolute Gasteiger partial charge is 0.480 e. The first-order chi connectivity index (χ1) is 11.9. The Balaban J connectivity index is 1.46. The molecule has 1 aromatic heterocycles. The Bertz CT molecular complexity index is 677. The van der Waals surface area contributed by atoms with Gasteiger partial charge in [-0.15, -0.1) is 23.1 Å². The van der Waals surface area contributed by atoms with E-state index in [0.717, 1.165) is 18.2 Å². The maximum absolute atomic E-state index is 12.3. The number of hydrogen-bond donors (Lipinski definition) is 2. The van der Waals surface area contributed by atoms with Gasteiger partial charge in [-0.2, -0.15) is 0 Å². The van der Waals surface area contributed by atoms with E-state index < -0.39 is 24.0 Å². The van der Waals surface area contributed by atoms with Crippen LogP contribution in [0.4, 0.5) is 5.13 Å². The number of aromatic nitrogens is 1. The van der Waals surface area contributed by atoms with Gasteiger partial charge in [-0.25, -0.2) is 9.78 Å². The van der Waals surface area contributed by atoms with Crippen molar-refractivity contribution in [2.24, 2.45) is 11.8 Å². The number of carboxylic acid groups (broad SMARTS) is 1. The topological polar surface area (TPSA) is 94.0 Å². The number of aliphatic carboxylic acids is 1. The Morgan fingerprint density at radius 3 is 2.76 bits per heavy atom. The van der Waals surface area contributed by atoms with Gasteiger partial charge >= 0.3 is 5.97 Å². The molecule has 1 amide bonds. The summed E-state index contributed by atoms with van der Waals surface area (Å²) in [4.78, 5) is 32.2. The fourth-order valence-electron chi connectivity index (χ4n) is 4.32. The summed E-state index contributed by atoms with van der Waals surface area (Å²) >= 11 is 3.28. The number of thioether (sulfide) groups is 1. The average molecular weight is 383 g/mol. The van der Waals surface area contributed by atoms with Crippen molar-refractivity contribution in [2.75, 3.05) is 18.0 Å². The first-order valence-electron chi connectivity index (χ1n) is 8.43. The molecule has 0 unspecified atom stereocenters. The van der Waals surface area contributed by atoms with E-state index in [-0.39, 0.29) is 23.1 Å². The van der Waals surface area contributed by atoms with Gasteiger partial charge in [0, 0.05) is 35.2 Å². The number of amides is 1. The molecule has 1 aromatic rings. The van der Waals surface area contributed by atoms with Crippen molar-refractivity contribution < 1.29 is 19.8 Å². The quantitative estimate of drug-likeness (QED) is 0.725. The number of hydrogen-bond acceptors (Lipinski definition) is 7. The molecule has 6 atom stereocenters. The van der Waals surface area contributed by atoms with E-state index in [1.54, 1.807) is 36.2 Å². The lowest BCUT2D eigenvalue weighted by atomic mass is 9.79. The highest BCUT2D eigenvalue weighted by Crippen LogP contribution is 2.50. The van der Waals surface area contributed by atoms with Crippen molar-refractivity contribution >= 4 is 40.1 Å². The summed E-state index contributed by atoms with van der Waals surface area (Å²) in [6.45, 7) is 5.33. The minimum atomic E-state index is -0.944. The van der Waals surface area contributed by atoms with Crippen LogP contribution >= 0.6 is 23.1 Å². The molecule has 4 heterocycles. The molecule has 0 saturated carbocycles. The second-order valence-electron chi connectivity index (χ2n) is 7.09. The van der Waals surface area contributed by atoms with E-state index in [1.165, 1.54) is 4.90 Å². The van der Waals surface area contributed by atoms with E-state index in [9.17, 15) is 19.8 Å². The molecule has 0 bridgehead atoms. The number of aliphatic hydroxyl groups excluding tert-OH is 1. The van der Waals surface area contributed by atoms with Gasteiger partial charge in [0.2, 0.25) is 5.91 Å². The third-order valence-electron chi connectivity index (χ3n) is 5.56. The Kier molecular flexibility index (Phi) is 4.20. The molecule has 2 N–H and O–H groups in total. The van der Waals surface area contributed by atoms with Crippen LogP contribution in [0.25, 0.3) is 0 Å². The Morgan fingerprint density at radius 2 is 2.20 bits per heavy atom. The van der Waals surface area contributed by atoms with E-state index in [1.807, 2.05) is 12.3 Å². The number of thiazole rings is 1. The fraction of sp³-hybridized carbons (Fsp3) is 0.688. The molecule has 136 valence electrons. The maximum atomic E-state index is 12.3. The Labute approximate surface area is 154 Å². The van der Waals surface area contributed by atoms with Crippen molar-refractivity contribution in [3.63, 3.8) is 0 Å². The molecule has 0 aromatic carbocycles. The van der Waals surface area contributed by atoms with Crippen molar-refractivity contribution in [3.05, 3.63) is 11.6 Å². The number of carbonyl (C=O) groups is 2. The van der Waals surface area contributed by atoms with E-state index in [2.05, 4.69) is 9.88 Å². The molecular weight excluding hydrogens is 362 g/mol. The van der Waals surface area contributed by atoms with Gasteiger partial charge in [0.25, 0.3) is 0 Å². The number of nitrogens with zero attached hydrogens (tertiary/aromatic N) is 3. The molecule has 7 nitrogen and oxygen atoms in total. The molecule has 25 heavy (non-hydrogen) atoms. The summed E-state index contributed by atoms with van der Waals surface area (Å²) in [5.74, 6) is -1.58. The number of carboxylic acids is 1. The number of aliphatic hydroxyl groups is 1. The minimum absolute atomic E-state index is 0.0531. The normalized spacial score (nSPS) is 36.0. The van der Waals surface area contributed by atoms with Gasteiger partial charge in [-0.1, -0.05) is 6.92 Å². The zero-order chi connectivity index (χ0) is 17.9. The number of carbonyl (C=O) groups excluding carboxylic acids is 1. The summed E-state index contributed by atoms with van der Waals surface area (Å²) in [7, 11) is 0. The summed E-state index contributed by atoms with van der Waals surface area (Å²) in [5, 5.41) is 22.7. The van der Waals surface area contributed by atoms with Gasteiger partial charge < -0.3 is 20.0 Å². The second-order valence-corrected chi connectivity index (χ2v) is 9.44. The van der Waals surface area contributed by atoms with Crippen molar-refractivity contribution in [1.29, 1.82) is 0 Å². The van der Waals surface area contributed by atoms with Crippen molar-refractivity contribution in [1.82, 2.24) is 9.88 Å². The predicted octanol–water partition coefficient (Wildman–Crippen LogP) is 0.744. The summed E-state index contributed by atoms with van der Waals surface area (Å²) in [6, 6.07) is -0.956. The van der Waals surface area contributed by atoms with Crippen LogP contribution in [0.5, 0.6) is 0 Å². The van der Waals surface area contributed by atoms with Crippen LogP contribution in [0.15, 0.2) is 11.6 Å². The molecule has 0 aliphatic carbocycles. The average Bonchev–Trinajstić information content (AvgIpc) is 3.08. The summed E-state index contributed by atoms with van der Waals surface area (Å²) in [6.07, 6.45) is 1.05. The molecule has 0 radical (unpaired) electrons. The molecular formula is C16H21N3O4S2. The van der Waals surface area contributed by atoms with Gasteiger partial charge in [-0.05, 0) is 12.8 Å². The summed E-state index contributed by atoms with van der Waals surface area (Å²) in [5.41, 5.74) is 0. The first-order valence-corrected chi connectivity index (χ1v) is 10.3. The molecule has 3 aliphatic heterocycles. The van der Waals surface area contributed by atoms with Crippen LogP contribution in [0.2, 0.25) is 0 Å². The van der Waals surface area contributed by atoms with Crippen LogP contribution in [0.1, 0.15) is 13.8 Å². The summed E-state index contributed by atoms with van der Waals surface area (Å²) < 4.78 is 0. The highest BCUT2D eigenvalue weighted by atomic mass is 32.2. The van der Waals surface area contributed by atoms with Crippen LogP contribution < -0.4 is 4.90 Å². The third-order valence-corrected chi connectivity index (χ3v) is 8.07. The first kappa shape index (κ1) is 17.1. The monoisotopic (exact) mass is 383 g/mol. The minimum Gasteiger partial charge on any atom is -0.480 e.